The van der Waals surface area contributed by atoms with Gasteiger partial charge in [0.15, 0.2) is 0 Å². The Balaban J connectivity index is 2.57. The first-order chi connectivity index (χ1) is 8.10. The van der Waals surface area contributed by atoms with Gasteiger partial charge in [0.25, 0.3) is 0 Å². The van der Waals surface area contributed by atoms with Crippen molar-refractivity contribution in [3.05, 3.63) is 0 Å². The van der Waals surface area contributed by atoms with E-state index < -0.39 is 0 Å². The molecular formula is C12H23N3O2. The number of likely N-dealkylation sites (tertiary alicyclic amines) is 1. The van der Waals surface area contributed by atoms with Gasteiger partial charge in [-0.15, -0.1) is 0 Å². The molecule has 0 bridgehead atoms. The molecule has 0 aromatic carbocycles. The lowest BCUT2D eigenvalue weighted by molar-refractivity contribution is -0.136. The van der Waals surface area contributed by atoms with Gasteiger partial charge in [0.1, 0.15) is 5.84 Å². The highest BCUT2D eigenvalue weighted by Gasteiger charge is 2.28. The molecule has 3 N–H and O–H groups in total. The number of amides is 1. The second-order valence-electron chi connectivity index (χ2n) is 4.84. The number of hydrogen-bond acceptors (Lipinski definition) is 3. The van der Waals surface area contributed by atoms with Crippen LogP contribution in [0, 0.1) is 11.8 Å². The maximum Gasteiger partial charge on any atom is 0.225 e. The van der Waals surface area contributed by atoms with Crippen molar-refractivity contribution in [3.63, 3.8) is 0 Å². The van der Waals surface area contributed by atoms with Gasteiger partial charge < -0.3 is 15.8 Å². The van der Waals surface area contributed by atoms with Crippen molar-refractivity contribution in [2.75, 3.05) is 13.1 Å². The van der Waals surface area contributed by atoms with Crippen molar-refractivity contribution < 1.29 is 10.0 Å². The van der Waals surface area contributed by atoms with Gasteiger partial charge >= 0.3 is 0 Å². The van der Waals surface area contributed by atoms with Crippen molar-refractivity contribution in [1.82, 2.24) is 4.90 Å². The maximum absolute atomic E-state index is 12.1. The minimum Gasteiger partial charge on any atom is -0.409 e. The van der Waals surface area contributed by atoms with E-state index in [1.165, 1.54) is 0 Å². The number of nitrogens with two attached hydrogens (primary N) is 1. The first-order valence-electron chi connectivity index (χ1n) is 6.36. The molecular weight excluding hydrogens is 218 g/mol. The predicted octanol–water partition coefficient (Wildman–Crippen LogP) is 1.41. The van der Waals surface area contributed by atoms with Crippen LogP contribution in [0.15, 0.2) is 5.16 Å². The highest BCUT2D eigenvalue weighted by atomic mass is 16.4. The second kappa shape index (κ2) is 6.47. The van der Waals surface area contributed by atoms with Gasteiger partial charge in [-0.05, 0) is 19.3 Å². The zero-order valence-corrected chi connectivity index (χ0v) is 10.7. The normalized spacial score (nSPS) is 23.5. The molecule has 2 unspecified atom stereocenters. The molecule has 0 saturated carbocycles. The summed E-state index contributed by atoms with van der Waals surface area (Å²) in [6.45, 7) is 5.43. The summed E-state index contributed by atoms with van der Waals surface area (Å²) < 4.78 is 0. The molecule has 98 valence electrons. The topological polar surface area (TPSA) is 78.9 Å². The van der Waals surface area contributed by atoms with Crippen molar-refractivity contribution in [2.24, 2.45) is 22.7 Å². The largest absolute Gasteiger partial charge is 0.409 e. The van der Waals surface area contributed by atoms with Gasteiger partial charge in [-0.3, -0.25) is 4.79 Å². The van der Waals surface area contributed by atoms with Crippen LogP contribution in [0.1, 0.15) is 39.5 Å². The van der Waals surface area contributed by atoms with Crippen molar-refractivity contribution in [3.8, 4) is 0 Å². The first kappa shape index (κ1) is 13.8. The third kappa shape index (κ3) is 3.61. The van der Waals surface area contributed by atoms with Gasteiger partial charge in [0, 0.05) is 24.9 Å². The molecule has 0 radical (unpaired) electrons. The van der Waals surface area contributed by atoms with Crippen LogP contribution in [-0.4, -0.2) is 34.9 Å². The summed E-state index contributed by atoms with van der Waals surface area (Å²) in [6, 6.07) is 0. The molecule has 5 nitrogen and oxygen atoms in total. The standard InChI is InChI=1S/C12H23N3O2/c1-3-5-9(2)12(16)15-7-4-6-10(8-15)11(13)14-17/h9-10,17H,3-8H2,1-2H3,(H2,13,14). The minimum atomic E-state index is 0.00604. The molecule has 1 aliphatic rings. The Morgan fingerprint density at radius 1 is 1.65 bits per heavy atom. The summed E-state index contributed by atoms with van der Waals surface area (Å²) in [5.41, 5.74) is 5.61. The first-order valence-corrected chi connectivity index (χ1v) is 6.36. The van der Waals surface area contributed by atoms with E-state index in [0.717, 1.165) is 32.2 Å². The number of rotatable bonds is 4. The van der Waals surface area contributed by atoms with E-state index in [1.807, 2.05) is 11.8 Å². The fraction of sp³-hybridized carbons (Fsp3) is 0.833. The molecule has 1 aliphatic heterocycles. The average Bonchev–Trinajstić information content (AvgIpc) is 2.37. The van der Waals surface area contributed by atoms with Crippen LogP contribution in [0.3, 0.4) is 0 Å². The van der Waals surface area contributed by atoms with Gasteiger partial charge in [0.2, 0.25) is 5.91 Å². The zero-order chi connectivity index (χ0) is 12.8. The Bertz CT molecular complexity index is 291. The summed E-state index contributed by atoms with van der Waals surface area (Å²) in [6.07, 6.45) is 3.75. The molecule has 5 heteroatoms. The third-order valence-corrected chi connectivity index (χ3v) is 3.41. The van der Waals surface area contributed by atoms with Gasteiger partial charge in [-0.1, -0.05) is 25.4 Å². The summed E-state index contributed by atoms with van der Waals surface area (Å²) in [4.78, 5) is 14.0. The van der Waals surface area contributed by atoms with Crippen LogP contribution in [-0.2, 0) is 4.79 Å². The van der Waals surface area contributed by atoms with E-state index in [1.54, 1.807) is 0 Å². The van der Waals surface area contributed by atoms with Crippen LogP contribution in [0.2, 0.25) is 0 Å². The highest BCUT2D eigenvalue weighted by Crippen LogP contribution is 2.19. The van der Waals surface area contributed by atoms with Gasteiger partial charge in [0.05, 0.1) is 0 Å². The molecule has 1 heterocycles. The van der Waals surface area contributed by atoms with Crippen molar-refractivity contribution in [2.45, 2.75) is 39.5 Å². The second-order valence-corrected chi connectivity index (χ2v) is 4.84. The summed E-state index contributed by atoms with van der Waals surface area (Å²) in [5.74, 6) is 0.519. The minimum absolute atomic E-state index is 0.00604. The van der Waals surface area contributed by atoms with E-state index in [-0.39, 0.29) is 23.6 Å². The fourth-order valence-corrected chi connectivity index (χ4v) is 2.37. The maximum atomic E-state index is 12.1. The lowest BCUT2D eigenvalue weighted by Gasteiger charge is -2.33. The number of piperidine rings is 1. The monoisotopic (exact) mass is 241 g/mol. The lowest BCUT2D eigenvalue weighted by Crippen LogP contribution is -2.45. The van der Waals surface area contributed by atoms with E-state index in [9.17, 15) is 4.79 Å². The van der Waals surface area contributed by atoms with E-state index in [4.69, 9.17) is 10.9 Å². The Morgan fingerprint density at radius 3 is 2.94 bits per heavy atom. The molecule has 17 heavy (non-hydrogen) atoms. The zero-order valence-electron chi connectivity index (χ0n) is 10.7. The van der Waals surface area contributed by atoms with Crippen LogP contribution < -0.4 is 5.73 Å². The highest BCUT2D eigenvalue weighted by molar-refractivity contribution is 5.84. The Hall–Kier alpha value is -1.26. The number of carbonyl (C=O) groups excluding carboxylic acids is 1. The summed E-state index contributed by atoms with van der Waals surface area (Å²) in [7, 11) is 0. The molecule has 0 spiro atoms. The van der Waals surface area contributed by atoms with E-state index >= 15 is 0 Å². The quantitative estimate of drug-likeness (QED) is 0.338. The molecule has 1 rings (SSSR count). The predicted molar refractivity (Wildman–Crippen MR) is 66.8 cm³/mol. The van der Waals surface area contributed by atoms with E-state index in [0.29, 0.717) is 6.54 Å². The summed E-state index contributed by atoms with van der Waals surface area (Å²) in [5, 5.41) is 11.7. The Kier molecular flexibility index (Phi) is 5.25. The number of nitrogens with zero attached hydrogens (tertiary/aromatic N) is 2. The van der Waals surface area contributed by atoms with Crippen LogP contribution >= 0.6 is 0 Å². The summed E-state index contributed by atoms with van der Waals surface area (Å²) >= 11 is 0. The number of hydrogen-bond donors (Lipinski definition) is 2. The molecule has 1 amide bonds. The molecule has 1 saturated heterocycles. The smallest absolute Gasteiger partial charge is 0.225 e. The molecule has 0 aromatic rings. The van der Waals surface area contributed by atoms with Crippen LogP contribution in [0.5, 0.6) is 0 Å². The molecule has 0 aromatic heterocycles. The molecule has 1 fully saturated rings. The van der Waals surface area contributed by atoms with Gasteiger partial charge in [-0.2, -0.15) is 0 Å². The van der Waals surface area contributed by atoms with Crippen molar-refractivity contribution >= 4 is 11.7 Å². The van der Waals surface area contributed by atoms with E-state index in [2.05, 4.69) is 12.1 Å². The average molecular weight is 241 g/mol. The number of amidine groups is 1. The third-order valence-electron chi connectivity index (χ3n) is 3.41. The SMILES string of the molecule is CCCC(C)C(=O)N1CCCC(C(N)=NO)C1. The Labute approximate surface area is 103 Å². The molecule has 2 atom stereocenters. The Morgan fingerprint density at radius 2 is 2.35 bits per heavy atom. The number of oxime groups is 1. The fourth-order valence-electron chi connectivity index (χ4n) is 2.37. The van der Waals surface area contributed by atoms with Crippen LogP contribution in [0.4, 0.5) is 0 Å². The lowest BCUT2D eigenvalue weighted by atomic mass is 9.95. The number of carbonyl (C=O) groups is 1. The van der Waals surface area contributed by atoms with Crippen molar-refractivity contribution in [1.29, 1.82) is 0 Å². The molecule has 0 aliphatic carbocycles. The van der Waals surface area contributed by atoms with Crippen LogP contribution in [0.25, 0.3) is 0 Å². The van der Waals surface area contributed by atoms with Gasteiger partial charge in [-0.25, -0.2) is 0 Å².